The van der Waals surface area contributed by atoms with Crippen molar-refractivity contribution in [3.8, 4) is 0 Å². The second-order valence-corrected chi connectivity index (χ2v) is 8.38. The second-order valence-electron chi connectivity index (χ2n) is 5.80. The third-order valence-electron chi connectivity index (χ3n) is 4.08. The van der Waals surface area contributed by atoms with Gasteiger partial charge in [-0.05, 0) is 29.3 Å². The summed E-state index contributed by atoms with van der Waals surface area (Å²) in [6.07, 6.45) is 0. The molecule has 6 heteroatoms. The summed E-state index contributed by atoms with van der Waals surface area (Å²) in [6.45, 7) is 0.233. The van der Waals surface area contributed by atoms with E-state index in [4.69, 9.17) is 23.2 Å². The largest absolute Gasteiger partial charge is 0.240 e. The van der Waals surface area contributed by atoms with Crippen LogP contribution < -0.4 is 4.72 Å². The van der Waals surface area contributed by atoms with Gasteiger partial charge >= 0.3 is 0 Å². The Kier molecular flexibility index (Phi) is 5.99. The molecule has 1 N–H and O–H groups in total. The zero-order valence-electron chi connectivity index (χ0n) is 13.8. The van der Waals surface area contributed by atoms with Crippen LogP contribution in [0.2, 0.25) is 10.0 Å². The average Bonchev–Trinajstić information content (AvgIpc) is 2.66. The van der Waals surface area contributed by atoms with E-state index in [9.17, 15) is 8.42 Å². The van der Waals surface area contributed by atoms with Crippen LogP contribution in [0.1, 0.15) is 17.0 Å². The summed E-state index contributed by atoms with van der Waals surface area (Å²) in [5.74, 6) is -0.102. The molecule has 0 atom stereocenters. The van der Waals surface area contributed by atoms with Crippen LogP contribution in [-0.2, 0) is 10.0 Å². The Morgan fingerprint density at radius 3 is 1.81 bits per heavy atom. The molecule has 3 rings (SSSR count). The minimum absolute atomic E-state index is 0.0896. The van der Waals surface area contributed by atoms with E-state index >= 15 is 0 Å². The molecule has 3 nitrogen and oxygen atoms in total. The molecule has 0 amide bonds. The van der Waals surface area contributed by atoms with Crippen LogP contribution in [-0.4, -0.2) is 15.0 Å². The van der Waals surface area contributed by atoms with E-state index in [1.54, 1.807) is 0 Å². The van der Waals surface area contributed by atoms with Crippen molar-refractivity contribution in [3.05, 3.63) is 100 Å². The molecule has 0 spiro atoms. The molecule has 3 aromatic rings. The van der Waals surface area contributed by atoms with E-state index in [1.165, 1.54) is 18.2 Å². The molecule has 0 unspecified atom stereocenters. The Labute approximate surface area is 163 Å². The molecule has 0 aliphatic carbocycles. The fourth-order valence-corrected chi connectivity index (χ4v) is 4.15. The Bertz CT molecular complexity index is 938. The summed E-state index contributed by atoms with van der Waals surface area (Å²) < 4.78 is 28.0. The maximum absolute atomic E-state index is 12.6. The molecule has 0 aliphatic heterocycles. The zero-order chi connectivity index (χ0) is 18.6. The van der Waals surface area contributed by atoms with Gasteiger partial charge in [-0.1, -0.05) is 83.9 Å². The van der Waals surface area contributed by atoms with Crippen molar-refractivity contribution in [2.45, 2.75) is 10.8 Å². The van der Waals surface area contributed by atoms with Gasteiger partial charge in [-0.25, -0.2) is 13.1 Å². The van der Waals surface area contributed by atoms with Gasteiger partial charge in [0.15, 0.2) is 0 Å². The number of nitrogens with one attached hydrogen (secondary N) is 1. The summed E-state index contributed by atoms with van der Waals surface area (Å²) >= 11 is 11.8. The predicted molar refractivity (Wildman–Crippen MR) is 106 cm³/mol. The maximum Gasteiger partial charge on any atom is 0.240 e. The molecule has 0 bridgehead atoms. The fraction of sp³-hybridized carbons (Fsp3) is 0.100. The monoisotopic (exact) mass is 405 g/mol. The normalized spacial score (nSPS) is 11.7. The summed E-state index contributed by atoms with van der Waals surface area (Å²) in [5.41, 5.74) is 2.08. The first-order valence-corrected chi connectivity index (χ1v) is 10.3. The fourth-order valence-electron chi connectivity index (χ4n) is 2.72. The van der Waals surface area contributed by atoms with Crippen molar-refractivity contribution in [1.29, 1.82) is 0 Å². The Morgan fingerprint density at radius 2 is 1.31 bits per heavy atom. The molecular formula is C20H17Cl2NO2S. The zero-order valence-corrected chi connectivity index (χ0v) is 16.1. The minimum atomic E-state index is -3.70. The van der Waals surface area contributed by atoms with Crippen LogP contribution in [0.15, 0.2) is 83.8 Å². The molecule has 0 heterocycles. The second kappa shape index (κ2) is 8.23. The number of hydrogen-bond donors (Lipinski definition) is 1. The summed E-state index contributed by atoms with van der Waals surface area (Å²) in [5, 5.41) is 0.522. The highest BCUT2D eigenvalue weighted by Crippen LogP contribution is 2.27. The number of sulfonamides is 1. The summed E-state index contributed by atoms with van der Waals surface area (Å²) in [4.78, 5) is 0.0896. The molecule has 26 heavy (non-hydrogen) atoms. The maximum atomic E-state index is 12.6. The molecule has 0 aromatic heterocycles. The van der Waals surface area contributed by atoms with Gasteiger partial charge in [-0.15, -0.1) is 0 Å². The van der Waals surface area contributed by atoms with Crippen LogP contribution in [0.5, 0.6) is 0 Å². The molecular weight excluding hydrogens is 389 g/mol. The lowest BCUT2D eigenvalue weighted by molar-refractivity contribution is 0.577. The third-order valence-corrected chi connectivity index (χ3v) is 6.24. The van der Waals surface area contributed by atoms with E-state index in [1.807, 2.05) is 60.7 Å². The van der Waals surface area contributed by atoms with E-state index in [-0.39, 0.29) is 22.4 Å². The van der Waals surface area contributed by atoms with E-state index in [0.717, 1.165) is 11.1 Å². The van der Waals surface area contributed by atoms with Gasteiger partial charge in [-0.2, -0.15) is 0 Å². The van der Waals surface area contributed by atoms with Crippen LogP contribution >= 0.6 is 23.2 Å². The van der Waals surface area contributed by atoms with Crippen molar-refractivity contribution in [3.63, 3.8) is 0 Å². The summed E-state index contributed by atoms with van der Waals surface area (Å²) in [7, 11) is -3.70. The lowest BCUT2D eigenvalue weighted by Gasteiger charge is -2.19. The topological polar surface area (TPSA) is 46.2 Å². The Balaban J connectivity index is 1.87. The molecule has 134 valence electrons. The highest BCUT2D eigenvalue weighted by atomic mass is 35.5. The molecule has 0 radical (unpaired) electrons. The Morgan fingerprint density at radius 1 is 0.769 bits per heavy atom. The molecule has 0 saturated carbocycles. The van der Waals surface area contributed by atoms with Gasteiger partial charge in [0.05, 0.1) is 14.9 Å². The molecule has 0 fully saturated rings. The van der Waals surface area contributed by atoms with E-state index < -0.39 is 10.0 Å². The molecule has 0 aliphatic rings. The standard InChI is InChI=1S/C20H17Cl2NO2S/c21-19-12-11-17(13-20(19)22)26(24,25)23-14-18(15-7-3-1-4-8-15)16-9-5-2-6-10-16/h1-13,18,23H,14H2. The van der Waals surface area contributed by atoms with Gasteiger partial charge in [0.25, 0.3) is 0 Å². The highest BCUT2D eigenvalue weighted by molar-refractivity contribution is 7.89. The SMILES string of the molecule is O=S(=O)(NCC(c1ccccc1)c1ccccc1)c1ccc(Cl)c(Cl)c1. The molecule has 0 saturated heterocycles. The average molecular weight is 406 g/mol. The smallest absolute Gasteiger partial charge is 0.210 e. The van der Waals surface area contributed by atoms with Crippen molar-refractivity contribution in [1.82, 2.24) is 4.72 Å². The molecule has 3 aromatic carbocycles. The van der Waals surface area contributed by atoms with Crippen molar-refractivity contribution in [2.24, 2.45) is 0 Å². The lowest BCUT2D eigenvalue weighted by Crippen LogP contribution is -2.29. The van der Waals surface area contributed by atoms with Crippen LogP contribution in [0.25, 0.3) is 0 Å². The number of hydrogen-bond acceptors (Lipinski definition) is 2. The van der Waals surface area contributed by atoms with Gasteiger partial charge < -0.3 is 0 Å². The predicted octanol–water partition coefficient (Wildman–Crippen LogP) is 5.10. The highest BCUT2D eigenvalue weighted by Gasteiger charge is 2.20. The Hall–Kier alpha value is -1.85. The first kappa shape index (κ1) is 18.9. The van der Waals surface area contributed by atoms with Gasteiger partial charge in [0.2, 0.25) is 10.0 Å². The first-order chi connectivity index (χ1) is 12.5. The lowest BCUT2D eigenvalue weighted by atomic mass is 9.92. The number of halogens is 2. The number of rotatable bonds is 6. The van der Waals surface area contributed by atoms with Crippen molar-refractivity contribution < 1.29 is 8.42 Å². The van der Waals surface area contributed by atoms with Gasteiger partial charge in [0, 0.05) is 12.5 Å². The van der Waals surface area contributed by atoms with E-state index in [0.29, 0.717) is 5.02 Å². The van der Waals surface area contributed by atoms with Crippen molar-refractivity contribution in [2.75, 3.05) is 6.54 Å². The van der Waals surface area contributed by atoms with Crippen LogP contribution in [0, 0.1) is 0 Å². The quantitative estimate of drug-likeness (QED) is 0.619. The van der Waals surface area contributed by atoms with Gasteiger partial charge in [-0.3, -0.25) is 0 Å². The first-order valence-electron chi connectivity index (χ1n) is 8.02. The summed E-state index contributed by atoms with van der Waals surface area (Å²) in [6, 6.07) is 23.9. The van der Waals surface area contributed by atoms with Crippen LogP contribution in [0.4, 0.5) is 0 Å². The number of benzene rings is 3. The van der Waals surface area contributed by atoms with Crippen molar-refractivity contribution >= 4 is 33.2 Å². The third kappa shape index (κ3) is 4.46. The van der Waals surface area contributed by atoms with E-state index in [2.05, 4.69) is 4.72 Å². The minimum Gasteiger partial charge on any atom is -0.210 e. The van der Waals surface area contributed by atoms with Crippen LogP contribution in [0.3, 0.4) is 0 Å². The van der Waals surface area contributed by atoms with Gasteiger partial charge in [0.1, 0.15) is 0 Å².